The van der Waals surface area contributed by atoms with Gasteiger partial charge >= 0.3 is 6.18 Å². The molecule has 1 fully saturated rings. The van der Waals surface area contributed by atoms with Gasteiger partial charge in [0.05, 0.1) is 5.69 Å². The van der Waals surface area contributed by atoms with Gasteiger partial charge in [0, 0.05) is 48.7 Å². The van der Waals surface area contributed by atoms with Crippen molar-refractivity contribution in [2.24, 2.45) is 0 Å². The Hall–Kier alpha value is -3.29. The number of para-hydroxylation sites is 1. The molecule has 1 saturated heterocycles. The Bertz CT molecular complexity index is 1130. The quantitative estimate of drug-likeness (QED) is 0.575. The van der Waals surface area contributed by atoms with Crippen molar-refractivity contribution in [1.82, 2.24) is 14.7 Å². The molecule has 1 aliphatic carbocycles. The van der Waals surface area contributed by atoms with Gasteiger partial charge in [-0.1, -0.05) is 18.2 Å². The largest absolute Gasteiger partial charge is 0.435 e. The molecule has 2 heterocycles. The summed E-state index contributed by atoms with van der Waals surface area (Å²) in [5.74, 6) is -0.0623. The Kier molecular flexibility index (Phi) is 5.60. The van der Waals surface area contributed by atoms with Crippen LogP contribution in [0.4, 0.5) is 18.9 Å². The van der Waals surface area contributed by atoms with E-state index in [0.717, 1.165) is 31.6 Å². The van der Waals surface area contributed by atoms with Crippen LogP contribution >= 0.6 is 0 Å². The monoisotopic (exact) mass is 454 g/mol. The van der Waals surface area contributed by atoms with Crippen LogP contribution in [0.1, 0.15) is 40.2 Å². The van der Waals surface area contributed by atoms with Crippen molar-refractivity contribution in [2.75, 3.05) is 31.1 Å². The van der Waals surface area contributed by atoms with Gasteiger partial charge in [-0.05, 0) is 62.1 Å². The first-order chi connectivity index (χ1) is 15.9. The molecule has 33 heavy (non-hydrogen) atoms. The van der Waals surface area contributed by atoms with Crippen molar-refractivity contribution < 1.29 is 18.0 Å². The van der Waals surface area contributed by atoms with Crippen LogP contribution in [0.5, 0.6) is 0 Å². The molecule has 0 bridgehead atoms. The Balaban J connectivity index is 1.31. The molecular weight excluding hydrogens is 429 g/mol. The van der Waals surface area contributed by atoms with Gasteiger partial charge in [-0.2, -0.15) is 18.3 Å². The average molecular weight is 454 g/mol. The smallest absolute Gasteiger partial charge is 0.368 e. The first-order valence-electron chi connectivity index (χ1n) is 11.3. The lowest BCUT2D eigenvalue weighted by Crippen LogP contribution is -2.48. The van der Waals surface area contributed by atoms with E-state index in [4.69, 9.17) is 0 Å². The molecule has 2 aliphatic rings. The number of nitrogens with zero attached hydrogens (tertiary/aromatic N) is 4. The zero-order valence-corrected chi connectivity index (χ0v) is 18.2. The number of alkyl halides is 3. The second-order valence-corrected chi connectivity index (χ2v) is 8.55. The normalized spacial score (nSPS) is 16.6. The first kappa shape index (κ1) is 21.6. The van der Waals surface area contributed by atoms with Gasteiger partial charge in [-0.3, -0.25) is 4.79 Å². The predicted octanol–water partition coefficient (Wildman–Crippen LogP) is 4.73. The maximum Gasteiger partial charge on any atom is 0.435 e. The summed E-state index contributed by atoms with van der Waals surface area (Å²) in [4.78, 5) is 17.1. The summed E-state index contributed by atoms with van der Waals surface area (Å²) in [7, 11) is 0. The van der Waals surface area contributed by atoms with Crippen molar-refractivity contribution in [2.45, 2.75) is 31.9 Å². The third-order valence-electron chi connectivity index (χ3n) is 6.50. The zero-order chi connectivity index (χ0) is 23.0. The molecule has 5 nitrogen and oxygen atoms in total. The molecule has 1 amide bonds. The summed E-state index contributed by atoms with van der Waals surface area (Å²) in [6, 6.07) is 16.9. The summed E-state index contributed by atoms with van der Waals surface area (Å²) in [5.41, 5.74) is 2.39. The zero-order valence-electron chi connectivity index (χ0n) is 18.2. The minimum Gasteiger partial charge on any atom is -0.368 e. The van der Waals surface area contributed by atoms with Gasteiger partial charge in [0.15, 0.2) is 5.69 Å². The maximum absolute atomic E-state index is 13.5. The number of piperazine rings is 1. The van der Waals surface area contributed by atoms with Crippen molar-refractivity contribution in [3.63, 3.8) is 0 Å². The Labute approximate surface area is 190 Å². The fourth-order valence-corrected chi connectivity index (χ4v) is 4.77. The SMILES string of the molecule is O=C(c1ccc(-n2nc(C(F)(F)F)c3c2CCCC3)cc1)N1CCN(c2ccccc2)CC1. The van der Waals surface area contributed by atoms with Crippen molar-refractivity contribution in [3.8, 4) is 5.69 Å². The van der Waals surface area contributed by atoms with Gasteiger partial charge in [-0.25, -0.2) is 4.68 Å². The molecule has 1 aromatic heterocycles. The second-order valence-electron chi connectivity index (χ2n) is 8.55. The Morgan fingerprint density at radius 3 is 2.15 bits per heavy atom. The maximum atomic E-state index is 13.5. The van der Waals surface area contributed by atoms with E-state index < -0.39 is 11.9 Å². The topological polar surface area (TPSA) is 41.4 Å². The third-order valence-corrected chi connectivity index (χ3v) is 6.50. The molecule has 8 heteroatoms. The molecule has 0 unspecified atom stereocenters. The number of carbonyl (C=O) groups is 1. The summed E-state index contributed by atoms with van der Waals surface area (Å²) in [6.07, 6.45) is -1.90. The summed E-state index contributed by atoms with van der Waals surface area (Å²) >= 11 is 0. The number of hydrogen-bond donors (Lipinski definition) is 0. The summed E-state index contributed by atoms with van der Waals surface area (Å²) in [6.45, 7) is 2.76. The summed E-state index contributed by atoms with van der Waals surface area (Å²) < 4.78 is 41.9. The van der Waals surface area contributed by atoms with Gasteiger partial charge < -0.3 is 9.80 Å². The number of rotatable bonds is 3. The van der Waals surface area contributed by atoms with Gasteiger partial charge in [0.25, 0.3) is 5.91 Å². The van der Waals surface area contributed by atoms with E-state index in [1.165, 1.54) is 4.68 Å². The van der Waals surface area contributed by atoms with E-state index in [1.54, 1.807) is 24.3 Å². The molecule has 2 aromatic carbocycles. The lowest BCUT2D eigenvalue weighted by atomic mass is 9.95. The number of aromatic nitrogens is 2. The molecule has 0 saturated carbocycles. The van der Waals surface area contributed by atoms with Crippen LogP contribution in [-0.4, -0.2) is 46.8 Å². The van der Waals surface area contributed by atoms with E-state index >= 15 is 0 Å². The first-order valence-corrected chi connectivity index (χ1v) is 11.3. The molecule has 5 rings (SSSR count). The van der Waals surface area contributed by atoms with E-state index in [9.17, 15) is 18.0 Å². The van der Waals surface area contributed by atoms with Gasteiger partial charge in [-0.15, -0.1) is 0 Å². The van der Waals surface area contributed by atoms with Crippen LogP contribution < -0.4 is 4.90 Å². The fourth-order valence-electron chi connectivity index (χ4n) is 4.77. The number of benzene rings is 2. The van der Waals surface area contributed by atoms with Gasteiger partial charge in [0.1, 0.15) is 0 Å². The predicted molar refractivity (Wildman–Crippen MR) is 120 cm³/mol. The van der Waals surface area contributed by atoms with Crippen LogP contribution in [-0.2, 0) is 19.0 Å². The van der Waals surface area contributed by atoms with E-state index in [0.29, 0.717) is 48.4 Å². The van der Waals surface area contributed by atoms with Crippen LogP contribution in [0.2, 0.25) is 0 Å². The molecular formula is C25H25F3N4O. The highest BCUT2D eigenvalue weighted by Crippen LogP contribution is 2.36. The second kappa shape index (κ2) is 8.57. The average Bonchev–Trinajstić information content (AvgIpc) is 3.25. The number of amides is 1. The number of halogens is 3. The van der Waals surface area contributed by atoms with Crippen LogP contribution in [0.3, 0.4) is 0 Å². The highest BCUT2D eigenvalue weighted by molar-refractivity contribution is 5.94. The molecule has 3 aromatic rings. The molecule has 0 radical (unpaired) electrons. The minimum atomic E-state index is -4.47. The summed E-state index contributed by atoms with van der Waals surface area (Å²) in [5, 5.41) is 3.93. The lowest BCUT2D eigenvalue weighted by molar-refractivity contribution is -0.142. The molecule has 0 atom stereocenters. The van der Waals surface area contributed by atoms with E-state index in [2.05, 4.69) is 22.1 Å². The minimum absolute atomic E-state index is 0.0623. The molecule has 172 valence electrons. The third kappa shape index (κ3) is 4.21. The number of fused-ring (bicyclic) bond motifs is 1. The van der Waals surface area contributed by atoms with Crippen molar-refractivity contribution >= 4 is 11.6 Å². The standard InChI is InChI=1S/C25H25F3N4O/c26-25(27,28)23-21-8-4-5-9-22(21)32(29-23)20-12-10-18(11-13-20)24(33)31-16-14-30(15-17-31)19-6-2-1-3-7-19/h1-3,6-7,10-13H,4-5,8-9,14-17H2. The Morgan fingerprint density at radius 1 is 0.818 bits per heavy atom. The Morgan fingerprint density at radius 2 is 1.48 bits per heavy atom. The number of carbonyl (C=O) groups excluding carboxylic acids is 1. The van der Waals surface area contributed by atoms with E-state index in [-0.39, 0.29) is 5.91 Å². The van der Waals surface area contributed by atoms with Crippen LogP contribution in [0.25, 0.3) is 5.69 Å². The van der Waals surface area contributed by atoms with Gasteiger partial charge in [0.2, 0.25) is 0 Å². The molecule has 1 aliphatic heterocycles. The van der Waals surface area contributed by atoms with Crippen molar-refractivity contribution in [1.29, 1.82) is 0 Å². The fraction of sp³-hybridized carbons (Fsp3) is 0.360. The highest BCUT2D eigenvalue weighted by Gasteiger charge is 2.39. The van der Waals surface area contributed by atoms with Crippen LogP contribution in [0, 0.1) is 0 Å². The molecule has 0 N–H and O–H groups in total. The van der Waals surface area contributed by atoms with Crippen LogP contribution in [0.15, 0.2) is 54.6 Å². The lowest BCUT2D eigenvalue weighted by Gasteiger charge is -2.36. The highest BCUT2D eigenvalue weighted by atomic mass is 19.4. The van der Waals surface area contributed by atoms with Crippen molar-refractivity contribution in [3.05, 3.63) is 77.1 Å². The number of hydrogen-bond acceptors (Lipinski definition) is 3. The van der Waals surface area contributed by atoms with E-state index in [1.807, 2.05) is 23.1 Å². The number of anilines is 1. The molecule has 0 spiro atoms.